The van der Waals surface area contributed by atoms with Crippen LogP contribution in [0.2, 0.25) is 0 Å². The third kappa shape index (κ3) is 6.09. The van der Waals surface area contributed by atoms with Gasteiger partial charge >= 0.3 is 5.91 Å². The van der Waals surface area contributed by atoms with Gasteiger partial charge < -0.3 is 9.84 Å². The summed E-state index contributed by atoms with van der Waals surface area (Å²) < 4.78 is 5.87. The molecule has 3 rings (SSSR count). The second kappa shape index (κ2) is 10.3. The summed E-state index contributed by atoms with van der Waals surface area (Å²) in [5, 5.41) is 11.2. The topological polar surface area (TPSA) is 76.1 Å². The number of hydroxylamine groups is 1. The highest BCUT2D eigenvalue weighted by Gasteiger charge is 2.37. The van der Waals surface area contributed by atoms with Crippen molar-refractivity contribution in [1.82, 2.24) is 0 Å². The number of carbonyl (C=O) groups excluding carboxylic acids is 2. The van der Waals surface area contributed by atoms with Gasteiger partial charge in [0.25, 0.3) is 5.78 Å². The second-order valence-electron chi connectivity index (χ2n) is 8.48. The summed E-state index contributed by atoms with van der Waals surface area (Å²) >= 11 is 4.25. The highest BCUT2D eigenvalue weighted by molar-refractivity contribution is 7.80. The zero-order valence-corrected chi connectivity index (χ0v) is 19.0. The number of ether oxygens (including phenoxy) is 1. The fraction of sp³-hybridized carbons (Fsp3) is 0.417. The van der Waals surface area contributed by atoms with Crippen LogP contribution in [0, 0.1) is 11.8 Å². The van der Waals surface area contributed by atoms with Crippen molar-refractivity contribution in [2.75, 3.05) is 11.7 Å². The molecule has 1 amide bonds. The van der Waals surface area contributed by atoms with Crippen LogP contribution in [-0.2, 0) is 16.2 Å². The Morgan fingerprint density at radius 1 is 1.03 bits per heavy atom. The van der Waals surface area contributed by atoms with E-state index in [0.717, 1.165) is 21.9 Å². The van der Waals surface area contributed by atoms with Crippen molar-refractivity contribution in [3.05, 3.63) is 53.6 Å². The van der Waals surface area contributed by atoms with Gasteiger partial charge in [-0.3, -0.25) is 14.4 Å². The molecule has 2 aromatic rings. The number of amides is 1. The molecule has 2 aromatic carbocycles. The minimum absolute atomic E-state index is 0.141. The molecule has 6 nitrogen and oxygen atoms in total. The molecule has 0 saturated carbocycles. The van der Waals surface area contributed by atoms with Gasteiger partial charge in [0.1, 0.15) is 12.4 Å². The molecular formula is C24H29NO5S. The molecule has 0 aliphatic carbocycles. The minimum Gasteiger partial charge on any atom is -0.493 e. The predicted octanol–water partition coefficient (Wildman–Crippen LogP) is 4.45. The van der Waals surface area contributed by atoms with Gasteiger partial charge in [0.15, 0.2) is 0 Å². The molecule has 1 aliphatic heterocycles. The van der Waals surface area contributed by atoms with Gasteiger partial charge in [0, 0.05) is 11.0 Å². The SMILES string of the molecule is CC(C)CC(O)CC(C)COc1ccc2c(c1)N(OCc1ccc(S)cc1)C(=O)C2=O. The van der Waals surface area contributed by atoms with E-state index in [-0.39, 0.29) is 18.6 Å². The van der Waals surface area contributed by atoms with Crippen LogP contribution in [0.1, 0.15) is 49.5 Å². The van der Waals surface area contributed by atoms with E-state index in [2.05, 4.69) is 26.5 Å². The van der Waals surface area contributed by atoms with E-state index < -0.39 is 11.7 Å². The summed E-state index contributed by atoms with van der Waals surface area (Å²) in [6, 6.07) is 12.3. The van der Waals surface area contributed by atoms with Gasteiger partial charge in [-0.15, -0.1) is 12.6 Å². The fourth-order valence-corrected chi connectivity index (χ4v) is 3.70. The van der Waals surface area contributed by atoms with Crippen molar-refractivity contribution in [2.24, 2.45) is 11.8 Å². The van der Waals surface area contributed by atoms with Crippen LogP contribution in [0.3, 0.4) is 0 Å². The van der Waals surface area contributed by atoms with E-state index >= 15 is 0 Å². The van der Waals surface area contributed by atoms with Crippen molar-refractivity contribution >= 4 is 30.0 Å². The average Bonchev–Trinajstić information content (AvgIpc) is 2.95. The van der Waals surface area contributed by atoms with Gasteiger partial charge in [-0.2, -0.15) is 5.06 Å². The van der Waals surface area contributed by atoms with Crippen LogP contribution in [0.25, 0.3) is 0 Å². The third-order valence-electron chi connectivity index (χ3n) is 5.06. The maximum atomic E-state index is 12.4. The molecule has 1 heterocycles. The first kappa shape index (κ1) is 23.3. The third-order valence-corrected chi connectivity index (χ3v) is 5.36. The van der Waals surface area contributed by atoms with E-state index in [4.69, 9.17) is 9.57 Å². The van der Waals surface area contributed by atoms with Crippen LogP contribution in [0.15, 0.2) is 47.4 Å². The Morgan fingerprint density at radius 2 is 1.74 bits per heavy atom. The van der Waals surface area contributed by atoms with Gasteiger partial charge in [-0.25, -0.2) is 0 Å². The number of hydrogen-bond acceptors (Lipinski definition) is 6. The normalized spacial score (nSPS) is 15.4. The molecule has 0 saturated heterocycles. The van der Waals surface area contributed by atoms with Gasteiger partial charge in [-0.05, 0) is 54.5 Å². The van der Waals surface area contributed by atoms with Crippen molar-refractivity contribution in [1.29, 1.82) is 0 Å². The number of rotatable bonds is 10. The zero-order valence-electron chi connectivity index (χ0n) is 18.1. The number of hydrogen-bond donors (Lipinski definition) is 2. The molecule has 0 bridgehead atoms. The molecule has 2 atom stereocenters. The highest BCUT2D eigenvalue weighted by Crippen LogP contribution is 2.33. The number of aliphatic hydroxyl groups is 1. The molecule has 166 valence electrons. The lowest BCUT2D eigenvalue weighted by Gasteiger charge is -2.19. The maximum absolute atomic E-state index is 12.4. The van der Waals surface area contributed by atoms with E-state index in [1.54, 1.807) is 18.2 Å². The Morgan fingerprint density at radius 3 is 2.42 bits per heavy atom. The summed E-state index contributed by atoms with van der Waals surface area (Å²) in [6.07, 6.45) is 1.06. The second-order valence-corrected chi connectivity index (χ2v) is 9.00. The molecule has 31 heavy (non-hydrogen) atoms. The number of Topliss-reactive ketones (excluding diaryl/α,β-unsaturated/α-hetero) is 1. The first-order valence-corrected chi connectivity index (χ1v) is 10.9. The molecule has 0 aromatic heterocycles. The number of benzene rings is 2. The molecule has 2 unspecified atom stereocenters. The van der Waals surface area contributed by atoms with Crippen molar-refractivity contribution in [2.45, 2.75) is 51.2 Å². The first-order valence-electron chi connectivity index (χ1n) is 10.5. The van der Waals surface area contributed by atoms with Crippen LogP contribution >= 0.6 is 12.6 Å². The van der Waals surface area contributed by atoms with Gasteiger partial charge in [-0.1, -0.05) is 32.9 Å². The average molecular weight is 444 g/mol. The zero-order chi connectivity index (χ0) is 22.5. The lowest BCUT2D eigenvalue weighted by molar-refractivity contribution is -0.121. The summed E-state index contributed by atoms with van der Waals surface area (Å²) in [6.45, 7) is 6.76. The summed E-state index contributed by atoms with van der Waals surface area (Å²) in [5.41, 5.74) is 1.53. The molecule has 1 aliphatic rings. The number of aliphatic hydroxyl groups excluding tert-OH is 1. The Balaban J connectivity index is 1.64. The first-order chi connectivity index (χ1) is 14.7. The van der Waals surface area contributed by atoms with Crippen LogP contribution in [0.5, 0.6) is 5.75 Å². The quantitative estimate of drug-likeness (QED) is 0.419. The van der Waals surface area contributed by atoms with E-state index in [1.807, 2.05) is 31.2 Å². The number of thiol groups is 1. The van der Waals surface area contributed by atoms with Crippen molar-refractivity contribution in [3.8, 4) is 5.75 Å². The molecule has 0 fully saturated rings. The summed E-state index contributed by atoms with van der Waals surface area (Å²) in [5.74, 6) is -0.177. The monoisotopic (exact) mass is 443 g/mol. The van der Waals surface area contributed by atoms with Gasteiger partial charge in [0.05, 0.1) is 24.0 Å². The Hall–Kier alpha value is -2.35. The maximum Gasteiger partial charge on any atom is 0.323 e. The summed E-state index contributed by atoms with van der Waals surface area (Å²) in [4.78, 5) is 31.2. The Bertz CT molecular complexity index is 928. The number of fused-ring (bicyclic) bond motifs is 1. The lowest BCUT2D eigenvalue weighted by atomic mass is 9.97. The number of ketones is 1. The molecule has 0 radical (unpaired) electrons. The van der Waals surface area contributed by atoms with Crippen LogP contribution in [-0.4, -0.2) is 29.5 Å². The van der Waals surface area contributed by atoms with E-state index in [9.17, 15) is 14.7 Å². The van der Waals surface area contributed by atoms with E-state index in [0.29, 0.717) is 35.9 Å². The minimum atomic E-state index is -0.719. The molecule has 7 heteroatoms. The predicted molar refractivity (Wildman–Crippen MR) is 121 cm³/mol. The molecular weight excluding hydrogens is 414 g/mol. The summed E-state index contributed by atoms with van der Waals surface area (Å²) in [7, 11) is 0. The number of carbonyl (C=O) groups is 2. The van der Waals surface area contributed by atoms with Crippen LogP contribution < -0.4 is 9.80 Å². The van der Waals surface area contributed by atoms with Gasteiger partial charge in [0.2, 0.25) is 0 Å². The fourth-order valence-electron chi connectivity index (χ4n) is 3.55. The molecule has 1 N–H and O–H groups in total. The van der Waals surface area contributed by atoms with Crippen molar-refractivity contribution < 1.29 is 24.3 Å². The largest absolute Gasteiger partial charge is 0.493 e. The van der Waals surface area contributed by atoms with E-state index in [1.165, 1.54) is 0 Å². The molecule has 0 spiro atoms. The standard InChI is InChI=1S/C24H29NO5S/c1-15(2)10-18(26)11-16(3)13-29-19-6-9-21-22(12-19)25(24(28)23(21)27)30-14-17-4-7-20(31)8-5-17/h4-9,12,15-16,18,26,31H,10-11,13-14H2,1-3H3. The smallest absolute Gasteiger partial charge is 0.323 e. The Kier molecular flexibility index (Phi) is 7.75. The lowest BCUT2D eigenvalue weighted by Crippen LogP contribution is -2.29. The highest BCUT2D eigenvalue weighted by atomic mass is 32.1. The number of nitrogens with zero attached hydrogens (tertiary/aromatic N) is 1. The van der Waals surface area contributed by atoms with Crippen molar-refractivity contribution in [3.63, 3.8) is 0 Å². The number of anilines is 1. The van der Waals surface area contributed by atoms with Crippen LogP contribution in [0.4, 0.5) is 5.69 Å². The Labute approximate surface area is 188 Å².